The Bertz CT molecular complexity index is 727. The fourth-order valence-electron chi connectivity index (χ4n) is 2.26. The molecule has 2 heterocycles. The number of rotatable bonds is 3. The maximum Gasteiger partial charge on any atom is 0.0961 e. The fourth-order valence-corrected chi connectivity index (χ4v) is 2.26. The summed E-state index contributed by atoms with van der Waals surface area (Å²) in [6.45, 7) is 5.01. The van der Waals surface area contributed by atoms with Crippen LogP contribution in [0.3, 0.4) is 0 Å². The van der Waals surface area contributed by atoms with E-state index >= 15 is 0 Å². The van der Waals surface area contributed by atoms with Crippen molar-refractivity contribution in [3.8, 4) is 16.9 Å². The zero-order valence-corrected chi connectivity index (χ0v) is 12.8. The quantitative estimate of drug-likeness (QED) is 0.756. The Labute approximate surface area is 129 Å². The summed E-state index contributed by atoms with van der Waals surface area (Å²) in [4.78, 5) is 0. The first-order chi connectivity index (χ1) is 9.69. The Morgan fingerprint density at radius 1 is 1.14 bits per heavy atom. The highest BCUT2D eigenvalue weighted by Gasteiger charge is 2.10. The number of aromatic nitrogens is 4. The summed E-state index contributed by atoms with van der Waals surface area (Å²) in [5.74, 6) is 0. The molecule has 21 heavy (non-hydrogen) atoms. The highest BCUT2D eigenvalue weighted by molar-refractivity contribution is 5.85. The van der Waals surface area contributed by atoms with Gasteiger partial charge in [-0.25, -0.2) is 4.68 Å². The molecule has 0 spiro atoms. The molecule has 0 amide bonds. The van der Waals surface area contributed by atoms with Crippen LogP contribution in [0.25, 0.3) is 16.9 Å². The third-order valence-electron chi connectivity index (χ3n) is 3.43. The minimum Gasteiger partial charge on any atom is -0.399 e. The van der Waals surface area contributed by atoms with Gasteiger partial charge in [-0.1, -0.05) is 0 Å². The van der Waals surface area contributed by atoms with Crippen LogP contribution in [0, 0.1) is 6.92 Å². The first-order valence-corrected chi connectivity index (χ1v) is 6.63. The number of nitrogens with two attached hydrogens (primary N) is 1. The minimum atomic E-state index is 0. The maximum atomic E-state index is 5.70. The molecule has 3 rings (SSSR count). The molecule has 2 N–H and O–H groups in total. The second-order valence-electron chi connectivity index (χ2n) is 4.70. The third kappa shape index (κ3) is 2.78. The number of nitrogen functional groups attached to an aromatic ring is 1. The Morgan fingerprint density at radius 2 is 1.86 bits per heavy atom. The van der Waals surface area contributed by atoms with Crippen molar-refractivity contribution in [3.05, 3.63) is 48.4 Å². The molecule has 0 unspecified atom stereocenters. The molecule has 0 aliphatic rings. The molecule has 0 bridgehead atoms. The smallest absolute Gasteiger partial charge is 0.0961 e. The molecule has 110 valence electrons. The molecule has 0 fully saturated rings. The van der Waals surface area contributed by atoms with Crippen LogP contribution in [-0.4, -0.2) is 19.6 Å². The van der Waals surface area contributed by atoms with Gasteiger partial charge >= 0.3 is 0 Å². The van der Waals surface area contributed by atoms with Crippen LogP contribution in [0.4, 0.5) is 5.69 Å². The van der Waals surface area contributed by atoms with Crippen LogP contribution >= 0.6 is 12.4 Å². The van der Waals surface area contributed by atoms with E-state index in [-0.39, 0.29) is 12.4 Å². The minimum absolute atomic E-state index is 0. The van der Waals surface area contributed by atoms with Crippen LogP contribution in [-0.2, 0) is 6.54 Å². The van der Waals surface area contributed by atoms with Crippen molar-refractivity contribution in [2.75, 3.05) is 5.73 Å². The van der Waals surface area contributed by atoms with E-state index in [4.69, 9.17) is 5.73 Å². The highest BCUT2D eigenvalue weighted by atomic mass is 35.5. The number of nitrogens with zero attached hydrogens (tertiary/aromatic N) is 4. The van der Waals surface area contributed by atoms with E-state index in [1.807, 2.05) is 52.1 Å². The third-order valence-corrected chi connectivity index (χ3v) is 3.43. The second kappa shape index (κ2) is 6.01. The summed E-state index contributed by atoms with van der Waals surface area (Å²) in [5.41, 5.74) is 10.6. The molecule has 2 aromatic heterocycles. The average molecular weight is 304 g/mol. The van der Waals surface area contributed by atoms with Crippen LogP contribution in [0.15, 0.2) is 42.7 Å². The standard InChI is InChI=1S/C15H17N5.ClH/c1-3-19-11(2)14(10-17-19)15-8-9-20(18-15)13-6-4-12(16)5-7-13;/h4-10H,3,16H2,1-2H3;1H. The summed E-state index contributed by atoms with van der Waals surface area (Å²) in [5, 5.41) is 8.97. The van der Waals surface area contributed by atoms with E-state index in [2.05, 4.69) is 24.0 Å². The molecule has 0 saturated heterocycles. The van der Waals surface area contributed by atoms with Crippen LogP contribution < -0.4 is 5.73 Å². The Morgan fingerprint density at radius 3 is 2.48 bits per heavy atom. The largest absolute Gasteiger partial charge is 0.399 e. The number of hydrogen-bond donors (Lipinski definition) is 1. The lowest BCUT2D eigenvalue weighted by Crippen LogP contribution is -1.99. The van der Waals surface area contributed by atoms with Crippen molar-refractivity contribution >= 4 is 18.1 Å². The van der Waals surface area contributed by atoms with Gasteiger partial charge in [-0.05, 0) is 44.2 Å². The summed E-state index contributed by atoms with van der Waals surface area (Å²) < 4.78 is 3.81. The number of benzene rings is 1. The maximum absolute atomic E-state index is 5.70. The van der Waals surface area contributed by atoms with E-state index in [1.54, 1.807) is 0 Å². The topological polar surface area (TPSA) is 61.7 Å². The molecule has 5 nitrogen and oxygen atoms in total. The molecule has 3 aromatic rings. The number of halogens is 1. The molecule has 1 aromatic carbocycles. The van der Waals surface area contributed by atoms with Crippen molar-refractivity contribution in [1.82, 2.24) is 19.6 Å². The molecule has 0 radical (unpaired) electrons. The summed E-state index contributed by atoms with van der Waals surface area (Å²) in [6.07, 6.45) is 3.82. The molecular weight excluding hydrogens is 286 g/mol. The van der Waals surface area contributed by atoms with Crippen LogP contribution in [0.1, 0.15) is 12.6 Å². The number of anilines is 1. The molecular formula is C15H18ClN5. The van der Waals surface area contributed by atoms with Gasteiger partial charge in [0.15, 0.2) is 0 Å². The van der Waals surface area contributed by atoms with Gasteiger partial charge in [-0.2, -0.15) is 10.2 Å². The predicted molar refractivity (Wildman–Crippen MR) is 86.9 cm³/mol. The van der Waals surface area contributed by atoms with E-state index in [0.29, 0.717) is 0 Å². The zero-order chi connectivity index (χ0) is 14.1. The van der Waals surface area contributed by atoms with E-state index in [1.165, 1.54) is 0 Å². The van der Waals surface area contributed by atoms with Gasteiger partial charge in [0.25, 0.3) is 0 Å². The van der Waals surface area contributed by atoms with Crippen molar-refractivity contribution in [1.29, 1.82) is 0 Å². The van der Waals surface area contributed by atoms with Gasteiger partial charge in [0, 0.05) is 29.7 Å². The lowest BCUT2D eigenvalue weighted by Gasteiger charge is -2.02. The number of aryl methyl sites for hydroxylation is 1. The van der Waals surface area contributed by atoms with Crippen LogP contribution in [0.5, 0.6) is 0 Å². The van der Waals surface area contributed by atoms with Crippen molar-refractivity contribution < 1.29 is 0 Å². The van der Waals surface area contributed by atoms with E-state index in [9.17, 15) is 0 Å². The first-order valence-electron chi connectivity index (χ1n) is 6.63. The van der Waals surface area contributed by atoms with Crippen molar-refractivity contribution in [2.24, 2.45) is 0 Å². The molecule has 6 heteroatoms. The monoisotopic (exact) mass is 303 g/mol. The average Bonchev–Trinajstić information content (AvgIpc) is 3.06. The molecule has 0 aliphatic carbocycles. The van der Waals surface area contributed by atoms with Gasteiger partial charge in [-0.3, -0.25) is 4.68 Å². The van der Waals surface area contributed by atoms with E-state index in [0.717, 1.165) is 34.9 Å². The van der Waals surface area contributed by atoms with Crippen molar-refractivity contribution in [3.63, 3.8) is 0 Å². The highest BCUT2D eigenvalue weighted by Crippen LogP contribution is 2.22. The molecule has 0 saturated carbocycles. The Kier molecular flexibility index (Phi) is 4.33. The van der Waals surface area contributed by atoms with Gasteiger partial charge in [-0.15, -0.1) is 12.4 Å². The van der Waals surface area contributed by atoms with Gasteiger partial charge in [0.2, 0.25) is 0 Å². The molecule has 0 aliphatic heterocycles. The van der Waals surface area contributed by atoms with Gasteiger partial charge < -0.3 is 5.73 Å². The summed E-state index contributed by atoms with van der Waals surface area (Å²) in [6, 6.07) is 9.65. The normalized spacial score (nSPS) is 10.4. The summed E-state index contributed by atoms with van der Waals surface area (Å²) in [7, 11) is 0. The lowest BCUT2D eigenvalue weighted by molar-refractivity contribution is 0.640. The predicted octanol–water partition coefficient (Wildman–Crippen LogP) is 3.07. The van der Waals surface area contributed by atoms with Crippen molar-refractivity contribution in [2.45, 2.75) is 20.4 Å². The second-order valence-corrected chi connectivity index (χ2v) is 4.70. The van der Waals surface area contributed by atoms with Gasteiger partial charge in [0.05, 0.1) is 17.6 Å². The Hall–Kier alpha value is -2.27. The summed E-state index contributed by atoms with van der Waals surface area (Å²) >= 11 is 0. The Balaban J connectivity index is 0.00000161. The SMILES string of the molecule is CCn1ncc(-c2ccn(-c3ccc(N)cc3)n2)c1C.Cl. The zero-order valence-electron chi connectivity index (χ0n) is 12.0. The van der Waals surface area contributed by atoms with E-state index < -0.39 is 0 Å². The first kappa shape index (κ1) is 15.1. The molecule has 0 atom stereocenters. The number of hydrogen-bond acceptors (Lipinski definition) is 3. The lowest BCUT2D eigenvalue weighted by atomic mass is 10.2. The van der Waals surface area contributed by atoms with Crippen LogP contribution in [0.2, 0.25) is 0 Å². The van der Waals surface area contributed by atoms with Gasteiger partial charge in [0.1, 0.15) is 0 Å². The fraction of sp³-hybridized carbons (Fsp3) is 0.200.